The van der Waals surface area contributed by atoms with Crippen LogP contribution in [0.5, 0.6) is 0 Å². The molecule has 1 heterocycles. The molecule has 1 aromatic heterocycles. The zero-order chi connectivity index (χ0) is 20.7. The van der Waals surface area contributed by atoms with Crippen molar-refractivity contribution in [1.82, 2.24) is 0 Å². The minimum Gasteiger partial charge on any atom is -0.289 e. The van der Waals surface area contributed by atoms with Crippen molar-refractivity contribution in [2.24, 2.45) is 0 Å². The summed E-state index contributed by atoms with van der Waals surface area (Å²) in [5, 5.41) is 2.22. The Balaban J connectivity index is 1.61. The molecule has 0 radical (unpaired) electrons. The van der Waals surface area contributed by atoms with Crippen molar-refractivity contribution in [3.8, 4) is 0 Å². The molecule has 4 aromatic carbocycles. The minimum atomic E-state index is -0.135. The molecule has 0 spiro atoms. The van der Waals surface area contributed by atoms with Crippen LogP contribution in [0.4, 0.5) is 0 Å². The summed E-state index contributed by atoms with van der Waals surface area (Å²) in [6.07, 6.45) is 0. The predicted octanol–water partition coefficient (Wildman–Crippen LogP) is 6.82. The molecular formula is C27H18O2S. The summed E-state index contributed by atoms with van der Waals surface area (Å²) in [6.45, 7) is 1.91. The molecule has 30 heavy (non-hydrogen) atoms. The number of benzene rings is 4. The average molecular weight is 407 g/mol. The number of rotatable bonds is 4. The zero-order valence-corrected chi connectivity index (χ0v) is 17.2. The third-order valence-electron chi connectivity index (χ3n) is 5.44. The highest BCUT2D eigenvalue weighted by molar-refractivity contribution is 7.25. The van der Waals surface area contributed by atoms with Gasteiger partial charge in [0, 0.05) is 42.4 Å². The van der Waals surface area contributed by atoms with Crippen LogP contribution in [0.15, 0.2) is 91.0 Å². The van der Waals surface area contributed by atoms with Crippen molar-refractivity contribution < 1.29 is 9.59 Å². The van der Waals surface area contributed by atoms with Crippen LogP contribution < -0.4 is 0 Å². The third kappa shape index (κ3) is 3.04. The molecule has 0 bridgehead atoms. The summed E-state index contributed by atoms with van der Waals surface area (Å²) < 4.78 is 2.35. The lowest BCUT2D eigenvalue weighted by molar-refractivity contribution is 0.100. The second-order valence-corrected chi connectivity index (χ2v) is 8.41. The smallest absolute Gasteiger partial charge is 0.194 e. The highest BCUT2D eigenvalue weighted by Crippen LogP contribution is 2.34. The molecule has 0 aliphatic heterocycles. The average Bonchev–Trinajstić information content (AvgIpc) is 3.16. The van der Waals surface area contributed by atoms with E-state index in [2.05, 4.69) is 12.1 Å². The lowest BCUT2D eigenvalue weighted by Crippen LogP contribution is -2.12. The van der Waals surface area contributed by atoms with E-state index >= 15 is 0 Å². The molecule has 0 saturated heterocycles. The number of hydrogen-bond acceptors (Lipinski definition) is 3. The molecule has 0 saturated carbocycles. The number of aryl methyl sites for hydroxylation is 1. The van der Waals surface area contributed by atoms with Gasteiger partial charge in [0.2, 0.25) is 0 Å². The first-order valence-electron chi connectivity index (χ1n) is 9.79. The fourth-order valence-corrected chi connectivity index (χ4v) is 4.96. The molecule has 5 aromatic rings. The van der Waals surface area contributed by atoms with Gasteiger partial charge in [-0.1, -0.05) is 66.7 Å². The molecule has 0 aliphatic rings. The van der Waals surface area contributed by atoms with Crippen molar-refractivity contribution in [2.75, 3.05) is 0 Å². The molecule has 0 atom stereocenters. The molecular weight excluding hydrogens is 388 g/mol. The lowest BCUT2D eigenvalue weighted by Gasteiger charge is -2.10. The maximum absolute atomic E-state index is 13.4. The van der Waals surface area contributed by atoms with Crippen molar-refractivity contribution in [3.05, 3.63) is 119 Å². The van der Waals surface area contributed by atoms with E-state index in [-0.39, 0.29) is 11.6 Å². The normalized spacial score (nSPS) is 11.1. The van der Waals surface area contributed by atoms with Gasteiger partial charge in [-0.05, 0) is 36.8 Å². The van der Waals surface area contributed by atoms with Crippen LogP contribution >= 0.6 is 11.3 Å². The fourth-order valence-electron chi connectivity index (χ4n) is 3.87. The van der Waals surface area contributed by atoms with Crippen LogP contribution in [0.2, 0.25) is 0 Å². The molecule has 0 N–H and O–H groups in total. The first-order chi connectivity index (χ1) is 14.6. The maximum atomic E-state index is 13.4. The number of carbonyl (C=O) groups excluding carboxylic acids is 2. The molecule has 144 valence electrons. The fraction of sp³-hybridized carbons (Fsp3) is 0.0370. The van der Waals surface area contributed by atoms with Gasteiger partial charge in [0.05, 0.1) is 0 Å². The monoisotopic (exact) mass is 406 g/mol. The molecule has 0 fully saturated rings. The second kappa shape index (κ2) is 7.36. The zero-order valence-electron chi connectivity index (χ0n) is 16.4. The largest absolute Gasteiger partial charge is 0.289 e. The van der Waals surface area contributed by atoms with Gasteiger partial charge >= 0.3 is 0 Å². The van der Waals surface area contributed by atoms with E-state index in [1.165, 1.54) is 4.70 Å². The van der Waals surface area contributed by atoms with E-state index in [1.807, 2.05) is 61.5 Å². The Bertz CT molecular complexity index is 1440. The molecule has 0 amide bonds. The van der Waals surface area contributed by atoms with Crippen LogP contribution in [0.3, 0.4) is 0 Å². The maximum Gasteiger partial charge on any atom is 0.194 e. The topological polar surface area (TPSA) is 34.1 Å². The Morgan fingerprint density at radius 1 is 0.600 bits per heavy atom. The first kappa shape index (κ1) is 18.5. The summed E-state index contributed by atoms with van der Waals surface area (Å²) in [6, 6.07) is 28.6. The summed E-state index contributed by atoms with van der Waals surface area (Å²) in [5.41, 5.74) is 2.99. The molecule has 5 rings (SSSR count). The molecule has 3 heteroatoms. The third-order valence-corrected chi connectivity index (χ3v) is 6.60. The Kier molecular flexibility index (Phi) is 4.53. The molecule has 2 nitrogen and oxygen atoms in total. The van der Waals surface area contributed by atoms with Gasteiger partial charge in [-0.2, -0.15) is 0 Å². The van der Waals surface area contributed by atoms with E-state index in [0.29, 0.717) is 22.3 Å². The minimum absolute atomic E-state index is 0.126. The summed E-state index contributed by atoms with van der Waals surface area (Å²) in [5.74, 6) is -0.260. The highest BCUT2D eigenvalue weighted by Gasteiger charge is 2.20. The van der Waals surface area contributed by atoms with E-state index < -0.39 is 0 Å². The van der Waals surface area contributed by atoms with Crippen LogP contribution in [0.25, 0.3) is 20.2 Å². The Labute approximate surface area is 178 Å². The van der Waals surface area contributed by atoms with Crippen molar-refractivity contribution in [2.45, 2.75) is 6.92 Å². The van der Waals surface area contributed by atoms with Gasteiger partial charge in [-0.15, -0.1) is 11.3 Å². The van der Waals surface area contributed by atoms with Gasteiger partial charge in [0.15, 0.2) is 11.6 Å². The van der Waals surface area contributed by atoms with Gasteiger partial charge in [-0.3, -0.25) is 9.59 Å². The number of ketones is 2. The SMILES string of the molecule is Cc1ccccc1C(=O)c1ccccc1C(=O)c1ccc2sc3ccccc3c2c1. The number of thiophene rings is 1. The lowest BCUT2D eigenvalue weighted by atomic mass is 9.91. The quantitative estimate of drug-likeness (QED) is 0.307. The van der Waals surface area contributed by atoms with Crippen molar-refractivity contribution >= 4 is 43.1 Å². The van der Waals surface area contributed by atoms with Gasteiger partial charge in [0.25, 0.3) is 0 Å². The second-order valence-electron chi connectivity index (χ2n) is 7.33. The van der Waals surface area contributed by atoms with Crippen LogP contribution in [-0.4, -0.2) is 11.6 Å². The van der Waals surface area contributed by atoms with Crippen LogP contribution in [-0.2, 0) is 0 Å². The van der Waals surface area contributed by atoms with E-state index in [0.717, 1.165) is 21.0 Å². The van der Waals surface area contributed by atoms with Gasteiger partial charge < -0.3 is 0 Å². The van der Waals surface area contributed by atoms with E-state index in [4.69, 9.17) is 0 Å². The molecule has 0 aliphatic carbocycles. The standard InChI is InChI=1S/C27H18O2S/c1-17-8-2-3-9-19(17)27(29)22-12-5-4-11-21(22)26(28)18-14-15-25-23(16-18)20-10-6-7-13-24(20)30-25/h2-16H,1H3. The van der Waals surface area contributed by atoms with Crippen molar-refractivity contribution in [3.63, 3.8) is 0 Å². The summed E-state index contributed by atoms with van der Waals surface area (Å²) in [7, 11) is 0. The number of fused-ring (bicyclic) bond motifs is 3. The summed E-state index contributed by atoms with van der Waals surface area (Å²) >= 11 is 1.72. The van der Waals surface area contributed by atoms with Crippen LogP contribution in [0, 0.1) is 6.92 Å². The first-order valence-corrected chi connectivity index (χ1v) is 10.6. The highest BCUT2D eigenvalue weighted by atomic mass is 32.1. The molecule has 0 unspecified atom stereocenters. The predicted molar refractivity (Wildman–Crippen MR) is 124 cm³/mol. The van der Waals surface area contributed by atoms with Gasteiger partial charge in [-0.25, -0.2) is 0 Å². The number of carbonyl (C=O) groups is 2. The van der Waals surface area contributed by atoms with Crippen LogP contribution in [0.1, 0.15) is 37.4 Å². The van der Waals surface area contributed by atoms with E-state index in [9.17, 15) is 9.59 Å². The Hall–Kier alpha value is -3.56. The van der Waals surface area contributed by atoms with Gasteiger partial charge in [0.1, 0.15) is 0 Å². The number of hydrogen-bond donors (Lipinski definition) is 0. The Morgan fingerprint density at radius 2 is 1.20 bits per heavy atom. The van der Waals surface area contributed by atoms with E-state index in [1.54, 1.807) is 35.6 Å². The Morgan fingerprint density at radius 3 is 1.97 bits per heavy atom. The van der Waals surface area contributed by atoms with Crippen molar-refractivity contribution in [1.29, 1.82) is 0 Å². The summed E-state index contributed by atoms with van der Waals surface area (Å²) in [4.78, 5) is 26.7.